The van der Waals surface area contributed by atoms with Gasteiger partial charge in [0.2, 0.25) is 11.8 Å². The quantitative estimate of drug-likeness (QED) is 0.0661. The van der Waals surface area contributed by atoms with Crippen molar-refractivity contribution >= 4 is 51.7 Å². The maximum absolute atomic E-state index is 17.2. The summed E-state index contributed by atoms with van der Waals surface area (Å²) in [5.74, 6) is -0.492. The molecule has 3 amide bonds. The van der Waals surface area contributed by atoms with Gasteiger partial charge in [0, 0.05) is 85.4 Å². The van der Waals surface area contributed by atoms with Crippen molar-refractivity contribution in [3.63, 3.8) is 0 Å². The molecule has 2 bridgehead atoms. The number of aliphatic hydroxyl groups excluding tert-OH is 2. The van der Waals surface area contributed by atoms with Crippen molar-refractivity contribution in [1.82, 2.24) is 54.8 Å². The van der Waals surface area contributed by atoms with Gasteiger partial charge in [-0.2, -0.15) is 5.10 Å². The number of likely N-dealkylation sites (tertiary alicyclic amines) is 3. The Morgan fingerprint density at radius 3 is 2.33 bits per heavy atom. The molecule has 5 saturated heterocycles. The topological polar surface area (TPSA) is 260 Å². The Bertz CT molecular complexity index is 4020. The summed E-state index contributed by atoms with van der Waals surface area (Å²) in [7, 11) is 0. The molecule has 0 spiro atoms. The van der Waals surface area contributed by atoms with Crippen LogP contribution in [-0.4, -0.2) is 171 Å². The zero-order valence-electron chi connectivity index (χ0n) is 54.2. The number of hydroxylamine groups is 1. The Kier molecular flexibility index (Phi) is 17.3. The molecule has 2 unspecified atom stereocenters. The van der Waals surface area contributed by atoms with E-state index in [0.29, 0.717) is 114 Å². The summed E-state index contributed by atoms with van der Waals surface area (Å²) < 4.78 is 40.1. The third-order valence-electron chi connectivity index (χ3n) is 19.8. The summed E-state index contributed by atoms with van der Waals surface area (Å²) in [5.41, 5.74) is 9.99. The van der Waals surface area contributed by atoms with Crippen molar-refractivity contribution in [1.29, 1.82) is 0 Å². The number of thiazole rings is 1. The SMILES string of the molecule is Cc1ncsc1-c1ccc([C@H](CO)NC(=O)[C@@H]2C[C@@H](O)CN2C(=O)[C@H](C(C)C)n2cc(-c3ccc(COc4c(-c5c(C)c(F)cc6c5cnn6C5CCCCO5)c(C5CC5)nc5c4N(OC4CCOCC4)C(C(C)(C)C)N=C5N4C[C@@H]5C[C@H]4CN5C(=O)O)cc3)nn2)cc1. The van der Waals surface area contributed by atoms with Crippen LogP contribution in [0.1, 0.15) is 150 Å². The highest BCUT2D eigenvalue weighted by atomic mass is 32.1. The maximum Gasteiger partial charge on any atom is 0.407 e. The second kappa shape index (κ2) is 25.7. The van der Waals surface area contributed by atoms with Gasteiger partial charge in [-0.15, -0.1) is 16.4 Å². The van der Waals surface area contributed by atoms with Crippen LogP contribution in [0.5, 0.6) is 5.75 Å². The van der Waals surface area contributed by atoms with Gasteiger partial charge in [0.1, 0.15) is 41.6 Å². The van der Waals surface area contributed by atoms with E-state index in [1.807, 2.05) is 85.2 Å². The molecule has 25 heteroatoms. The van der Waals surface area contributed by atoms with Gasteiger partial charge < -0.3 is 49.5 Å². The van der Waals surface area contributed by atoms with Crippen LogP contribution in [0.25, 0.3) is 43.7 Å². The molecular weight excluding hydrogens is 1220 g/mol. The van der Waals surface area contributed by atoms with Crippen LogP contribution < -0.4 is 15.1 Å². The van der Waals surface area contributed by atoms with Crippen molar-refractivity contribution < 1.29 is 53.1 Å². The van der Waals surface area contributed by atoms with E-state index in [0.717, 1.165) is 64.9 Å². The summed E-state index contributed by atoms with van der Waals surface area (Å²) in [6, 6.07) is 13.9. The number of aromatic nitrogens is 7. The first-order valence-electron chi connectivity index (χ1n) is 33.1. The van der Waals surface area contributed by atoms with Crippen molar-refractivity contribution in [3.8, 4) is 38.6 Å². The first-order valence-corrected chi connectivity index (χ1v) is 34.0. The van der Waals surface area contributed by atoms with E-state index < -0.39 is 59.5 Å². The summed E-state index contributed by atoms with van der Waals surface area (Å²) in [5, 5.41) is 51.4. The van der Waals surface area contributed by atoms with Crippen LogP contribution in [-0.2, 0) is 30.5 Å². The van der Waals surface area contributed by atoms with Crippen molar-refractivity contribution in [3.05, 3.63) is 112 Å². The third kappa shape index (κ3) is 12.0. The smallest absolute Gasteiger partial charge is 0.407 e. The number of piperazine rings is 1. The van der Waals surface area contributed by atoms with Crippen LogP contribution >= 0.6 is 11.3 Å². The molecule has 94 heavy (non-hydrogen) atoms. The largest absolute Gasteiger partial charge is 0.486 e. The monoisotopic (exact) mass is 1300 g/mol. The molecule has 0 radical (unpaired) electrons. The van der Waals surface area contributed by atoms with E-state index in [4.69, 9.17) is 34.1 Å². The van der Waals surface area contributed by atoms with Gasteiger partial charge in [-0.1, -0.05) is 88.4 Å². The Hall–Kier alpha value is -7.94. The number of hydrogen-bond acceptors (Lipinski definition) is 18. The third-order valence-corrected chi connectivity index (χ3v) is 20.7. The summed E-state index contributed by atoms with van der Waals surface area (Å²) in [4.78, 5) is 70.7. The number of carbonyl (C=O) groups excluding carboxylic acids is 2. The molecule has 14 rings (SSSR count). The number of nitrogens with zero attached hydrogens (tertiary/aromatic N) is 12. The molecule has 1 aliphatic carbocycles. The molecule has 7 aliphatic rings. The van der Waals surface area contributed by atoms with Gasteiger partial charge in [-0.3, -0.25) is 14.4 Å². The first-order chi connectivity index (χ1) is 45.3. The minimum absolute atomic E-state index is 0.000983. The average Bonchev–Trinajstić information content (AvgIpc) is 1.29. The number of amidine groups is 1. The Labute approximate surface area is 548 Å². The summed E-state index contributed by atoms with van der Waals surface area (Å²) >= 11 is 1.54. The minimum Gasteiger partial charge on any atom is -0.486 e. The Morgan fingerprint density at radius 1 is 0.904 bits per heavy atom. The molecule has 6 aliphatic heterocycles. The van der Waals surface area contributed by atoms with Crippen LogP contribution in [0, 0.1) is 31.0 Å². The number of ether oxygens (including phenoxy) is 3. The molecule has 8 atom stereocenters. The van der Waals surface area contributed by atoms with Crippen molar-refractivity contribution in [2.75, 3.05) is 51.1 Å². The number of β-amino-alcohol motifs (C(OH)–C–C–N with tert-alkyl or cyclic N) is 1. The fourth-order valence-electron chi connectivity index (χ4n) is 14.6. The van der Waals surface area contributed by atoms with Gasteiger partial charge in [-0.25, -0.2) is 38.6 Å². The van der Waals surface area contributed by atoms with Crippen LogP contribution in [0.2, 0.25) is 0 Å². The zero-order valence-corrected chi connectivity index (χ0v) is 55.0. The van der Waals surface area contributed by atoms with Crippen molar-refractivity contribution in [2.45, 2.75) is 174 Å². The molecule has 10 heterocycles. The summed E-state index contributed by atoms with van der Waals surface area (Å²) in [6.07, 6.45) is 6.68. The second-order valence-corrected chi connectivity index (χ2v) is 28.6. The van der Waals surface area contributed by atoms with Gasteiger partial charge >= 0.3 is 6.09 Å². The molecule has 23 nitrogen and oxygen atoms in total. The molecule has 4 N–H and O–H groups in total. The highest BCUT2D eigenvalue weighted by molar-refractivity contribution is 7.13. The normalized spacial score (nSPS) is 23.1. The predicted molar refractivity (Wildman–Crippen MR) is 349 cm³/mol. The number of hydrogen-bond donors (Lipinski definition) is 4. The van der Waals surface area contributed by atoms with E-state index in [2.05, 4.69) is 46.3 Å². The Morgan fingerprint density at radius 2 is 1.67 bits per heavy atom. The van der Waals surface area contributed by atoms with E-state index >= 15 is 4.39 Å². The second-order valence-electron chi connectivity index (χ2n) is 27.7. The Balaban J connectivity index is 0.801. The number of carboxylic acid groups (broad SMARTS) is 1. The highest BCUT2D eigenvalue weighted by Crippen LogP contribution is 2.56. The minimum atomic E-state index is -1.01. The number of anilines is 1. The van der Waals surface area contributed by atoms with E-state index in [1.54, 1.807) is 24.7 Å². The molecule has 1 saturated carbocycles. The van der Waals surface area contributed by atoms with Crippen LogP contribution in [0.4, 0.5) is 14.9 Å². The van der Waals surface area contributed by atoms with E-state index in [9.17, 15) is 29.7 Å². The number of carbonyl (C=O) groups is 3. The van der Waals surface area contributed by atoms with E-state index in [-0.39, 0.29) is 62.4 Å². The fraction of sp³-hybridized carbons (Fsp3) is 0.522. The zero-order chi connectivity index (χ0) is 65.4. The molecule has 6 fully saturated rings. The van der Waals surface area contributed by atoms with Crippen molar-refractivity contribution in [2.24, 2.45) is 16.3 Å². The fourth-order valence-corrected chi connectivity index (χ4v) is 15.4. The van der Waals surface area contributed by atoms with Crippen LogP contribution in [0.3, 0.4) is 0 Å². The van der Waals surface area contributed by atoms with Gasteiger partial charge in [0.25, 0.3) is 0 Å². The van der Waals surface area contributed by atoms with Gasteiger partial charge in [-0.05, 0) is 93.4 Å². The molecule has 496 valence electrons. The molecular formula is C69H82FN13O10S. The molecule has 7 aromatic rings. The standard InChI is InChI=1S/C69H82FN13O10S/c1-37(2)60(66(87)80-32-47(85)27-54(80)65(86)73-52(34-84)42-15-19-44(20-16-42)63-39(4)71-36-94-63)81-33-51(76-77-81)41-13-11-40(12-14-41)35-92-62-57(56-38(3)50(70)28-53-49(56)29-72-82(53)55-10-8-9-23-91-55)58(43-17-18-43)74-59-61(62)83(93-48-21-24-90-25-22-48)67(69(5,6)7)75-64(59)78-30-46-26-45(78)31-79(46)68(88)89/h11-16,19-20,28-29,33,36-37,43,45-48,52,54-55,60,67,84-85H,8-10,17-18,21-27,30-32,34-35H2,1-7H3,(H,73,86)(H,88,89)/t45-,46-,47+,52-,54-,55?,60-,67?/m0/s1. The van der Waals surface area contributed by atoms with E-state index in [1.165, 1.54) is 25.8 Å². The van der Waals surface area contributed by atoms with Crippen LogP contribution in [0.15, 0.2) is 77.5 Å². The number of aryl methyl sites for hydroxylation is 1. The lowest BCUT2D eigenvalue weighted by atomic mass is 9.88. The van der Waals surface area contributed by atoms with Gasteiger partial charge in [0.05, 0.1) is 76.6 Å². The number of aliphatic imine (C=N–C) groups is 1. The number of rotatable bonds is 17. The number of pyridine rings is 1. The number of benzene rings is 3. The molecule has 3 aromatic carbocycles. The van der Waals surface area contributed by atoms with Gasteiger partial charge in [0.15, 0.2) is 24.0 Å². The average molecular weight is 1300 g/mol. The highest BCUT2D eigenvalue weighted by Gasteiger charge is 2.52. The lowest BCUT2D eigenvalue weighted by Gasteiger charge is -2.46. The number of amides is 3. The number of aliphatic hydroxyl groups is 2. The summed E-state index contributed by atoms with van der Waals surface area (Å²) in [6.45, 7) is 15.9. The number of fused-ring (bicyclic) bond motifs is 4. The predicted octanol–water partition coefficient (Wildman–Crippen LogP) is 9.89. The number of halogens is 1. The number of nitrogens with one attached hydrogen (secondary N) is 1. The maximum atomic E-state index is 17.2. The molecule has 4 aromatic heterocycles. The lowest BCUT2D eigenvalue weighted by Crippen LogP contribution is -2.55. The first kappa shape index (κ1) is 63.5. The lowest BCUT2D eigenvalue weighted by molar-refractivity contribution is -0.142.